The number of imidazole rings is 1. The molecular formula is C21H17ClF3N3O. The van der Waals surface area contributed by atoms with Crippen molar-refractivity contribution >= 4 is 28.5 Å². The van der Waals surface area contributed by atoms with Crippen molar-refractivity contribution in [2.45, 2.75) is 18.9 Å². The number of nitrogens with one attached hydrogen (secondary N) is 1. The van der Waals surface area contributed by atoms with E-state index in [2.05, 4.69) is 10.3 Å². The van der Waals surface area contributed by atoms with Gasteiger partial charge in [0.25, 0.3) is 5.91 Å². The second kappa shape index (κ2) is 6.76. The molecule has 150 valence electrons. The maximum atomic E-state index is 13.6. The molecule has 0 radical (unpaired) electrons. The largest absolute Gasteiger partial charge is 0.352 e. The van der Waals surface area contributed by atoms with Crippen LogP contribution in [0.4, 0.5) is 13.2 Å². The van der Waals surface area contributed by atoms with Crippen molar-refractivity contribution < 1.29 is 18.0 Å². The number of halogens is 4. The molecule has 2 aromatic carbocycles. The average Bonchev–Trinajstić information content (AvgIpc) is 3.02. The van der Waals surface area contributed by atoms with Gasteiger partial charge in [-0.15, -0.1) is 0 Å². The molecule has 1 heterocycles. The number of carbonyl (C=O) groups is 1. The Labute approximate surface area is 169 Å². The van der Waals surface area contributed by atoms with Gasteiger partial charge in [0.15, 0.2) is 11.6 Å². The smallest absolute Gasteiger partial charge is 0.251 e. The molecule has 4 atom stereocenters. The molecule has 5 rings (SSSR count). The highest BCUT2D eigenvalue weighted by molar-refractivity contribution is 6.30. The second-order valence-corrected chi connectivity index (χ2v) is 8.27. The number of rotatable bonds is 4. The van der Waals surface area contributed by atoms with E-state index in [4.69, 9.17) is 11.6 Å². The maximum Gasteiger partial charge on any atom is 0.251 e. The van der Waals surface area contributed by atoms with Crippen molar-refractivity contribution in [1.29, 1.82) is 0 Å². The highest BCUT2D eigenvalue weighted by Gasteiger charge is 2.56. The predicted molar refractivity (Wildman–Crippen MR) is 102 cm³/mol. The summed E-state index contributed by atoms with van der Waals surface area (Å²) in [5, 5.41) is 2.86. The number of fused-ring (bicyclic) bond motifs is 2. The van der Waals surface area contributed by atoms with Gasteiger partial charge in [-0.2, -0.15) is 0 Å². The first kappa shape index (κ1) is 18.5. The molecule has 2 aliphatic carbocycles. The number of benzene rings is 2. The van der Waals surface area contributed by atoms with Crippen molar-refractivity contribution in [3.8, 4) is 0 Å². The van der Waals surface area contributed by atoms with Crippen molar-refractivity contribution in [3.63, 3.8) is 0 Å². The summed E-state index contributed by atoms with van der Waals surface area (Å²) in [4.78, 5) is 16.4. The lowest BCUT2D eigenvalue weighted by atomic mass is 10.1. The zero-order valence-corrected chi connectivity index (χ0v) is 16.0. The minimum atomic E-state index is -0.895. The fourth-order valence-corrected chi connectivity index (χ4v) is 4.86. The molecule has 0 aliphatic heterocycles. The molecule has 2 aliphatic rings. The normalized spacial score (nSPS) is 25.2. The van der Waals surface area contributed by atoms with Crippen LogP contribution in [0, 0.1) is 35.2 Å². The SMILES string of the molecule is O=C(NCC1[C@H]2CC(n3cnc4cc(F)c(F)cc43)C[C@@H]12)c1ccc(Cl)c(F)c1. The zero-order chi connectivity index (χ0) is 20.3. The van der Waals surface area contributed by atoms with E-state index in [0.29, 0.717) is 35.3 Å². The summed E-state index contributed by atoms with van der Waals surface area (Å²) < 4.78 is 42.4. The summed E-state index contributed by atoms with van der Waals surface area (Å²) in [7, 11) is 0. The van der Waals surface area contributed by atoms with Crippen LogP contribution in [0.2, 0.25) is 5.02 Å². The minimum Gasteiger partial charge on any atom is -0.352 e. The molecule has 1 N–H and O–H groups in total. The highest BCUT2D eigenvalue weighted by Crippen LogP contribution is 2.60. The Bertz CT molecular complexity index is 1120. The van der Waals surface area contributed by atoms with Gasteiger partial charge in [-0.1, -0.05) is 11.6 Å². The minimum absolute atomic E-state index is 0.0148. The lowest BCUT2D eigenvalue weighted by Crippen LogP contribution is -2.27. The monoisotopic (exact) mass is 419 g/mol. The highest BCUT2D eigenvalue weighted by atomic mass is 35.5. The molecule has 3 aromatic rings. The molecule has 29 heavy (non-hydrogen) atoms. The maximum absolute atomic E-state index is 13.6. The Kier molecular flexibility index (Phi) is 4.31. The van der Waals surface area contributed by atoms with Gasteiger partial charge in [0.05, 0.1) is 22.4 Å². The van der Waals surface area contributed by atoms with E-state index in [1.54, 1.807) is 6.33 Å². The first-order valence-electron chi connectivity index (χ1n) is 9.47. The molecular weight excluding hydrogens is 403 g/mol. The van der Waals surface area contributed by atoms with Gasteiger partial charge in [-0.25, -0.2) is 18.2 Å². The number of hydrogen-bond donors (Lipinski definition) is 1. The Morgan fingerprint density at radius 2 is 1.83 bits per heavy atom. The van der Waals surface area contributed by atoms with E-state index >= 15 is 0 Å². The van der Waals surface area contributed by atoms with Crippen molar-refractivity contribution in [3.05, 3.63) is 64.7 Å². The molecule has 2 fully saturated rings. The predicted octanol–water partition coefficient (Wildman–Crippen LogP) is 4.73. The van der Waals surface area contributed by atoms with Crippen LogP contribution < -0.4 is 5.32 Å². The van der Waals surface area contributed by atoms with Crippen LogP contribution >= 0.6 is 11.6 Å². The van der Waals surface area contributed by atoms with Gasteiger partial charge in [-0.3, -0.25) is 4.79 Å². The molecule has 8 heteroatoms. The lowest BCUT2D eigenvalue weighted by molar-refractivity contribution is 0.0949. The van der Waals surface area contributed by atoms with E-state index in [1.165, 1.54) is 18.2 Å². The third kappa shape index (κ3) is 3.17. The molecule has 2 saturated carbocycles. The summed E-state index contributed by atoms with van der Waals surface area (Å²) in [5.74, 6) is -1.36. The van der Waals surface area contributed by atoms with Gasteiger partial charge in [0, 0.05) is 30.3 Å². The molecule has 1 amide bonds. The molecule has 2 unspecified atom stereocenters. The van der Waals surface area contributed by atoms with E-state index in [0.717, 1.165) is 25.0 Å². The summed E-state index contributed by atoms with van der Waals surface area (Å²) in [6.45, 7) is 0.537. The molecule has 4 nitrogen and oxygen atoms in total. The van der Waals surface area contributed by atoms with Crippen LogP contribution in [0.25, 0.3) is 11.0 Å². The first-order valence-corrected chi connectivity index (χ1v) is 9.85. The first-order chi connectivity index (χ1) is 13.9. The van der Waals surface area contributed by atoms with Crippen LogP contribution in [-0.4, -0.2) is 22.0 Å². The fourth-order valence-electron chi connectivity index (χ4n) is 4.74. The van der Waals surface area contributed by atoms with E-state index in [9.17, 15) is 18.0 Å². The molecule has 0 bridgehead atoms. The number of amides is 1. The molecule has 0 saturated heterocycles. The topological polar surface area (TPSA) is 46.9 Å². The molecule has 1 aromatic heterocycles. The quantitative estimate of drug-likeness (QED) is 0.664. The Hall–Kier alpha value is -2.54. The van der Waals surface area contributed by atoms with Crippen LogP contribution in [-0.2, 0) is 0 Å². The van der Waals surface area contributed by atoms with Gasteiger partial charge >= 0.3 is 0 Å². The zero-order valence-electron chi connectivity index (χ0n) is 15.2. The number of aromatic nitrogens is 2. The Morgan fingerprint density at radius 1 is 1.10 bits per heavy atom. The third-order valence-electron chi connectivity index (χ3n) is 6.29. The van der Waals surface area contributed by atoms with Crippen LogP contribution in [0.3, 0.4) is 0 Å². The van der Waals surface area contributed by atoms with Gasteiger partial charge < -0.3 is 9.88 Å². The number of carbonyl (C=O) groups excluding carboxylic acids is 1. The van der Waals surface area contributed by atoms with Crippen LogP contribution in [0.5, 0.6) is 0 Å². The average molecular weight is 420 g/mol. The van der Waals surface area contributed by atoms with Crippen molar-refractivity contribution in [1.82, 2.24) is 14.9 Å². The van der Waals surface area contributed by atoms with E-state index < -0.39 is 17.5 Å². The fraction of sp³-hybridized carbons (Fsp3) is 0.333. The summed E-state index contributed by atoms with van der Waals surface area (Å²) >= 11 is 5.64. The lowest BCUT2D eigenvalue weighted by Gasteiger charge is -2.17. The van der Waals surface area contributed by atoms with Crippen LogP contribution in [0.1, 0.15) is 29.2 Å². The summed E-state index contributed by atoms with van der Waals surface area (Å²) in [6.07, 6.45) is 3.46. The molecule has 0 spiro atoms. The summed E-state index contributed by atoms with van der Waals surface area (Å²) in [5.41, 5.74) is 1.29. The number of hydrogen-bond acceptors (Lipinski definition) is 2. The van der Waals surface area contributed by atoms with Gasteiger partial charge in [0.2, 0.25) is 0 Å². The van der Waals surface area contributed by atoms with E-state index in [1.807, 2.05) is 4.57 Å². The van der Waals surface area contributed by atoms with Crippen LogP contribution in [0.15, 0.2) is 36.7 Å². The Morgan fingerprint density at radius 3 is 2.55 bits per heavy atom. The second-order valence-electron chi connectivity index (χ2n) is 7.86. The van der Waals surface area contributed by atoms with Crippen molar-refractivity contribution in [2.75, 3.05) is 6.54 Å². The Balaban J connectivity index is 1.20. The van der Waals surface area contributed by atoms with E-state index in [-0.39, 0.29) is 22.5 Å². The number of nitrogens with zero attached hydrogens (tertiary/aromatic N) is 2. The van der Waals surface area contributed by atoms with Gasteiger partial charge in [0.1, 0.15) is 5.82 Å². The summed E-state index contributed by atoms with van der Waals surface area (Å²) in [6, 6.07) is 6.51. The van der Waals surface area contributed by atoms with Crippen molar-refractivity contribution in [2.24, 2.45) is 17.8 Å². The third-order valence-corrected chi connectivity index (χ3v) is 6.59. The van der Waals surface area contributed by atoms with Gasteiger partial charge in [-0.05, 0) is 48.8 Å². The standard InChI is InChI=1S/C21H17ClF3N3O/c22-15-2-1-10(3-16(15)23)21(29)26-8-14-12-4-11(5-13(12)14)28-9-27-19-6-17(24)18(25)7-20(19)28/h1-3,6-7,9,11-14H,4-5,8H2,(H,26,29)/t11?,12-,13+,14?.